The van der Waals surface area contributed by atoms with Gasteiger partial charge in [0.1, 0.15) is 0 Å². The molecule has 1 aromatic rings. The predicted molar refractivity (Wildman–Crippen MR) is 59.4 cm³/mol. The van der Waals surface area contributed by atoms with Crippen LogP contribution in [0.2, 0.25) is 0 Å². The minimum absolute atomic E-state index is 0.458. The molecule has 2 aliphatic heterocycles. The lowest BCUT2D eigenvalue weighted by molar-refractivity contribution is 0.637. The molecular weight excluding hydrogens is 210 g/mol. The summed E-state index contributed by atoms with van der Waals surface area (Å²) in [6.45, 7) is 4.11. The topological polar surface area (TPSA) is 55.1 Å². The molecule has 3 rings (SSSR count). The van der Waals surface area contributed by atoms with Crippen LogP contribution in [0.25, 0.3) is 0 Å². The molecule has 6 heteroatoms. The van der Waals surface area contributed by atoms with Gasteiger partial charge in [-0.3, -0.25) is 0 Å². The molecule has 1 aromatic heterocycles. The Morgan fingerprint density at radius 1 is 1.53 bits per heavy atom. The van der Waals surface area contributed by atoms with E-state index in [-0.39, 0.29) is 0 Å². The predicted octanol–water partition coefficient (Wildman–Crippen LogP) is 0.512. The van der Waals surface area contributed by atoms with E-state index in [2.05, 4.69) is 27.5 Å². The Hall–Kier alpha value is -0.880. The summed E-state index contributed by atoms with van der Waals surface area (Å²) in [7, 11) is 0. The van der Waals surface area contributed by atoms with Crippen molar-refractivity contribution in [2.75, 3.05) is 13.1 Å². The highest BCUT2D eigenvalue weighted by atomic mass is 32.2. The first-order valence-electron chi connectivity index (χ1n) is 5.28. The zero-order valence-electron chi connectivity index (χ0n) is 8.60. The van der Waals surface area contributed by atoms with Crippen LogP contribution in [0.3, 0.4) is 0 Å². The molecule has 0 aromatic carbocycles. The van der Waals surface area contributed by atoms with Crippen molar-refractivity contribution in [2.45, 2.75) is 30.2 Å². The van der Waals surface area contributed by atoms with E-state index in [1.807, 2.05) is 4.68 Å². The Morgan fingerprint density at radius 2 is 2.47 bits per heavy atom. The monoisotopic (exact) mass is 223 g/mol. The molecule has 80 valence electrons. The van der Waals surface area contributed by atoms with E-state index in [1.54, 1.807) is 11.8 Å². The summed E-state index contributed by atoms with van der Waals surface area (Å²) in [5, 5.41) is 17.7. The van der Waals surface area contributed by atoms with Gasteiger partial charge in [-0.05, 0) is 0 Å². The number of aryl methyl sites for hydroxylation is 1. The number of nitrogens with zero attached hydrogens (tertiary/aromatic N) is 4. The van der Waals surface area contributed by atoms with Gasteiger partial charge in [0.25, 0.3) is 0 Å². The number of aromatic nitrogens is 3. The molecule has 1 saturated heterocycles. The number of fused-ring (bicyclic) bond motifs is 2. The maximum atomic E-state index is 4.65. The summed E-state index contributed by atoms with van der Waals surface area (Å²) < 4.78 is 1.90. The Bertz CT molecular complexity index is 411. The highest BCUT2D eigenvalue weighted by molar-refractivity contribution is 8.00. The summed E-state index contributed by atoms with van der Waals surface area (Å²) in [6.07, 6.45) is 1.92. The van der Waals surface area contributed by atoms with Crippen LogP contribution in [-0.4, -0.2) is 38.9 Å². The second kappa shape index (κ2) is 3.61. The SMILES string of the molecule is CCc1nnc2n1N=C1CCNCC1S2. The van der Waals surface area contributed by atoms with Crippen LogP contribution in [-0.2, 0) is 6.42 Å². The van der Waals surface area contributed by atoms with Crippen molar-refractivity contribution in [3.05, 3.63) is 5.82 Å². The Labute approximate surface area is 92.3 Å². The minimum atomic E-state index is 0.458. The summed E-state index contributed by atoms with van der Waals surface area (Å²) >= 11 is 1.77. The quantitative estimate of drug-likeness (QED) is 0.754. The van der Waals surface area contributed by atoms with Gasteiger partial charge in [-0.1, -0.05) is 18.7 Å². The normalized spacial score (nSPS) is 24.3. The van der Waals surface area contributed by atoms with Crippen LogP contribution in [0.4, 0.5) is 0 Å². The van der Waals surface area contributed by atoms with E-state index < -0.39 is 0 Å². The van der Waals surface area contributed by atoms with Crippen molar-refractivity contribution < 1.29 is 0 Å². The molecule has 1 fully saturated rings. The molecule has 15 heavy (non-hydrogen) atoms. The van der Waals surface area contributed by atoms with Gasteiger partial charge in [-0.25, -0.2) is 0 Å². The molecule has 0 amide bonds. The van der Waals surface area contributed by atoms with Crippen molar-refractivity contribution in [2.24, 2.45) is 5.10 Å². The molecule has 2 aliphatic rings. The summed E-state index contributed by atoms with van der Waals surface area (Å²) in [5.41, 5.74) is 1.28. The summed E-state index contributed by atoms with van der Waals surface area (Å²) in [5.74, 6) is 0.960. The molecule has 0 radical (unpaired) electrons. The highest BCUT2D eigenvalue weighted by Gasteiger charge is 2.28. The van der Waals surface area contributed by atoms with Gasteiger partial charge in [0.15, 0.2) is 5.82 Å². The Morgan fingerprint density at radius 3 is 3.33 bits per heavy atom. The zero-order valence-corrected chi connectivity index (χ0v) is 9.42. The molecule has 0 aliphatic carbocycles. The fourth-order valence-corrected chi connectivity index (χ4v) is 2.99. The third-order valence-electron chi connectivity index (χ3n) is 2.73. The van der Waals surface area contributed by atoms with E-state index in [0.29, 0.717) is 5.25 Å². The van der Waals surface area contributed by atoms with Crippen LogP contribution in [0.15, 0.2) is 10.3 Å². The number of hydrogen-bond acceptors (Lipinski definition) is 5. The Kier molecular flexibility index (Phi) is 2.25. The van der Waals surface area contributed by atoms with Crippen LogP contribution in [0.5, 0.6) is 0 Å². The van der Waals surface area contributed by atoms with Crippen molar-refractivity contribution in [3.8, 4) is 0 Å². The van der Waals surface area contributed by atoms with Gasteiger partial charge < -0.3 is 5.32 Å². The third-order valence-corrected chi connectivity index (χ3v) is 3.92. The van der Waals surface area contributed by atoms with Crippen LogP contribution < -0.4 is 5.32 Å². The molecule has 3 heterocycles. The number of hydrogen-bond donors (Lipinski definition) is 1. The molecule has 1 atom stereocenters. The number of nitrogens with one attached hydrogen (secondary N) is 1. The van der Waals surface area contributed by atoms with E-state index in [9.17, 15) is 0 Å². The lowest BCUT2D eigenvalue weighted by Gasteiger charge is -2.27. The molecule has 1 N–H and O–H groups in total. The number of thioether (sulfide) groups is 1. The first kappa shape index (κ1) is 9.35. The van der Waals surface area contributed by atoms with Crippen molar-refractivity contribution in [1.82, 2.24) is 20.2 Å². The van der Waals surface area contributed by atoms with Crippen LogP contribution in [0, 0.1) is 0 Å². The lowest BCUT2D eigenvalue weighted by Crippen LogP contribution is -2.41. The minimum Gasteiger partial charge on any atom is -0.315 e. The lowest BCUT2D eigenvalue weighted by atomic mass is 10.1. The van der Waals surface area contributed by atoms with E-state index in [0.717, 1.165) is 36.9 Å². The van der Waals surface area contributed by atoms with Crippen molar-refractivity contribution >= 4 is 17.5 Å². The maximum Gasteiger partial charge on any atom is 0.212 e. The second-order valence-corrected chi connectivity index (χ2v) is 4.89. The summed E-state index contributed by atoms with van der Waals surface area (Å²) in [4.78, 5) is 0. The first-order chi connectivity index (χ1) is 7.38. The smallest absolute Gasteiger partial charge is 0.212 e. The fourth-order valence-electron chi connectivity index (χ4n) is 1.90. The summed E-state index contributed by atoms with van der Waals surface area (Å²) in [6, 6.07) is 0. The zero-order chi connectivity index (χ0) is 10.3. The highest BCUT2D eigenvalue weighted by Crippen LogP contribution is 2.29. The van der Waals surface area contributed by atoms with Gasteiger partial charge in [-0.15, -0.1) is 10.2 Å². The molecule has 0 spiro atoms. The van der Waals surface area contributed by atoms with Gasteiger partial charge in [0.2, 0.25) is 5.16 Å². The number of piperidine rings is 1. The fraction of sp³-hybridized carbons (Fsp3) is 0.667. The molecule has 0 bridgehead atoms. The molecule has 0 saturated carbocycles. The standard InChI is InChI=1S/C9H13N5S/c1-2-8-11-12-9-14(8)13-6-3-4-10-5-7(6)15-9/h7,10H,2-5H2,1H3. The molecule has 5 nitrogen and oxygen atoms in total. The second-order valence-electron chi connectivity index (χ2n) is 3.72. The van der Waals surface area contributed by atoms with Gasteiger partial charge in [0.05, 0.1) is 11.0 Å². The average molecular weight is 223 g/mol. The third kappa shape index (κ3) is 1.48. The first-order valence-corrected chi connectivity index (χ1v) is 6.16. The van der Waals surface area contributed by atoms with Gasteiger partial charge in [0, 0.05) is 25.9 Å². The largest absolute Gasteiger partial charge is 0.315 e. The number of rotatable bonds is 1. The molecule has 1 unspecified atom stereocenters. The maximum absolute atomic E-state index is 4.65. The van der Waals surface area contributed by atoms with Gasteiger partial charge in [-0.2, -0.15) is 9.78 Å². The van der Waals surface area contributed by atoms with Crippen LogP contribution in [0.1, 0.15) is 19.2 Å². The average Bonchev–Trinajstić information content (AvgIpc) is 2.68. The van der Waals surface area contributed by atoms with E-state index in [1.165, 1.54) is 5.71 Å². The van der Waals surface area contributed by atoms with E-state index >= 15 is 0 Å². The Balaban J connectivity index is 2.01. The van der Waals surface area contributed by atoms with E-state index in [4.69, 9.17) is 0 Å². The van der Waals surface area contributed by atoms with Crippen molar-refractivity contribution in [3.63, 3.8) is 0 Å². The van der Waals surface area contributed by atoms with Gasteiger partial charge >= 0.3 is 0 Å². The molecular formula is C9H13N5S. The van der Waals surface area contributed by atoms with Crippen LogP contribution >= 0.6 is 11.8 Å². The van der Waals surface area contributed by atoms with Crippen molar-refractivity contribution in [1.29, 1.82) is 0 Å².